The molecule has 0 saturated carbocycles. The van der Waals surface area contributed by atoms with Crippen LogP contribution >= 0.6 is 11.6 Å². The van der Waals surface area contributed by atoms with Gasteiger partial charge in [0.2, 0.25) is 0 Å². The Balaban J connectivity index is 2.53. The zero-order chi connectivity index (χ0) is 12.0. The second kappa shape index (κ2) is 3.68. The summed E-state index contributed by atoms with van der Waals surface area (Å²) in [6, 6.07) is 5.66. The molecule has 0 radical (unpaired) electrons. The summed E-state index contributed by atoms with van der Waals surface area (Å²) in [5.41, 5.74) is 8.44. The van der Waals surface area contributed by atoms with Crippen LogP contribution in [-0.4, -0.2) is 14.5 Å². The van der Waals surface area contributed by atoms with E-state index in [1.165, 1.54) is 0 Å². The van der Waals surface area contributed by atoms with Crippen LogP contribution in [0.4, 0.5) is 0 Å². The fourth-order valence-electron chi connectivity index (χ4n) is 2.10. The molecule has 17 heavy (non-hydrogen) atoms. The van der Waals surface area contributed by atoms with Crippen molar-refractivity contribution in [1.82, 2.24) is 14.5 Å². The molecule has 4 nitrogen and oxygen atoms in total. The third-order valence-corrected chi connectivity index (χ3v) is 3.17. The Hall–Kier alpha value is -1.65. The van der Waals surface area contributed by atoms with Crippen LogP contribution in [0.5, 0.6) is 0 Å². The van der Waals surface area contributed by atoms with Crippen LogP contribution in [-0.2, 0) is 13.6 Å². The molecule has 3 aromatic rings. The molecule has 3 rings (SSSR count). The lowest BCUT2D eigenvalue weighted by Crippen LogP contribution is -2.04. The predicted octanol–water partition coefficient (Wildman–Crippen LogP) is 2.23. The molecular formula is C12H11ClN4. The van der Waals surface area contributed by atoms with Gasteiger partial charge in [-0.05, 0) is 18.2 Å². The maximum absolute atomic E-state index is 6.03. The highest BCUT2D eigenvalue weighted by atomic mass is 35.5. The van der Waals surface area contributed by atoms with Gasteiger partial charge in [-0.15, -0.1) is 0 Å². The fourth-order valence-corrected chi connectivity index (χ4v) is 2.27. The minimum atomic E-state index is 0.410. The maximum atomic E-state index is 6.03. The van der Waals surface area contributed by atoms with Crippen LogP contribution in [0.3, 0.4) is 0 Å². The van der Waals surface area contributed by atoms with Crippen LogP contribution in [0.2, 0.25) is 5.02 Å². The molecule has 0 unspecified atom stereocenters. The first kappa shape index (κ1) is 10.5. The molecule has 0 bridgehead atoms. The summed E-state index contributed by atoms with van der Waals surface area (Å²) < 4.78 is 2.00. The van der Waals surface area contributed by atoms with E-state index in [9.17, 15) is 0 Å². The highest BCUT2D eigenvalue weighted by Crippen LogP contribution is 2.26. The van der Waals surface area contributed by atoms with Crippen LogP contribution in [0, 0.1) is 0 Å². The van der Waals surface area contributed by atoms with Crippen molar-refractivity contribution in [2.24, 2.45) is 12.8 Å². The number of rotatable bonds is 1. The van der Waals surface area contributed by atoms with Crippen molar-refractivity contribution >= 4 is 33.5 Å². The second-order valence-corrected chi connectivity index (χ2v) is 4.38. The van der Waals surface area contributed by atoms with Crippen molar-refractivity contribution in [3.63, 3.8) is 0 Å². The fraction of sp³-hybridized carbons (Fsp3) is 0.167. The molecule has 0 atom stereocenters. The van der Waals surface area contributed by atoms with Crippen LogP contribution in [0.25, 0.3) is 21.9 Å². The summed E-state index contributed by atoms with van der Waals surface area (Å²) in [5.74, 6) is 0.842. The Morgan fingerprint density at radius 3 is 2.94 bits per heavy atom. The van der Waals surface area contributed by atoms with Gasteiger partial charge in [-0.25, -0.2) is 4.98 Å². The number of nitrogens with zero attached hydrogens (tertiary/aromatic N) is 3. The molecule has 2 N–H and O–H groups in total. The molecule has 0 aliphatic rings. The SMILES string of the molecule is Cn1c(CN)nc2cnc3ccc(Cl)cc3c21. The lowest BCUT2D eigenvalue weighted by Gasteiger charge is -2.03. The van der Waals surface area contributed by atoms with Gasteiger partial charge in [0.25, 0.3) is 0 Å². The van der Waals surface area contributed by atoms with Gasteiger partial charge < -0.3 is 10.3 Å². The summed E-state index contributed by atoms with van der Waals surface area (Å²) in [4.78, 5) is 8.81. The molecule has 2 aromatic heterocycles. The van der Waals surface area contributed by atoms with Gasteiger partial charge in [0, 0.05) is 17.5 Å². The zero-order valence-corrected chi connectivity index (χ0v) is 10.1. The van der Waals surface area contributed by atoms with Gasteiger partial charge in [-0.3, -0.25) is 4.98 Å². The molecule has 0 saturated heterocycles. The van der Waals surface area contributed by atoms with Crippen LogP contribution in [0.1, 0.15) is 5.82 Å². The molecule has 0 aliphatic carbocycles. The number of nitrogens with two attached hydrogens (primary N) is 1. The zero-order valence-electron chi connectivity index (χ0n) is 9.31. The topological polar surface area (TPSA) is 56.7 Å². The van der Waals surface area contributed by atoms with Gasteiger partial charge in [0.1, 0.15) is 11.3 Å². The van der Waals surface area contributed by atoms with E-state index in [-0.39, 0.29) is 0 Å². The van der Waals surface area contributed by atoms with Crippen LogP contribution < -0.4 is 5.73 Å². The Morgan fingerprint density at radius 1 is 1.35 bits per heavy atom. The molecule has 86 valence electrons. The van der Waals surface area contributed by atoms with E-state index in [4.69, 9.17) is 17.3 Å². The molecule has 0 spiro atoms. The maximum Gasteiger partial charge on any atom is 0.123 e. The van der Waals surface area contributed by atoms with Gasteiger partial charge in [0.15, 0.2) is 0 Å². The molecular weight excluding hydrogens is 236 g/mol. The average molecular weight is 247 g/mol. The molecule has 1 aromatic carbocycles. The van der Waals surface area contributed by atoms with Crippen molar-refractivity contribution in [3.8, 4) is 0 Å². The van der Waals surface area contributed by atoms with Gasteiger partial charge in [-0.2, -0.15) is 0 Å². The first-order chi connectivity index (χ1) is 8.20. The molecule has 0 fully saturated rings. The largest absolute Gasteiger partial charge is 0.329 e. The molecule has 5 heteroatoms. The number of imidazole rings is 1. The van der Waals surface area contributed by atoms with E-state index in [1.807, 2.05) is 29.8 Å². The van der Waals surface area contributed by atoms with Crippen molar-refractivity contribution in [2.45, 2.75) is 6.54 Å². The number of hydrogen-bond acceptors (Lipinski definition) is 3. The lowest BCUT2D eigenvalue weighted by atomic mass is 10.2. The van der Waals surface area contributed by atoms with Crippen molar-refractivity contribution < 1.29 is 0 Å². The smallest absolute Gasteiger partial charge is 0.123 e. The van der Waals surface area contributed by atoms with E-state index in [1.54, 1.807) is 6.20 Å². The second-order valence-electron chi connectivity index (χ2n) is 3.94. The Kier molecular flexibility index (Phi) is 2.28. The van der Waals surface area contributed by atoms with E-state index >= 15 is 0 Å². The Labute approximate surface area is 103 Å². The van der Waals surface area contributed by atoms with Crippen molar-refractivity contribution in [2.75, 3.05) is 0 Å². The Bertz CT molecular complexity index is 717. The van der Waals surface area contributed by atoms with Crippen molar-refractivity contribution in [1.29, 1.82) is 0 Å². The van der Waals surface area contributed by atoms with E-state index < -0.39 is 0 Å². The van der Waals surface area contributed by atoms with Gasteiger partial charge >= 0.3 is 0 Å². The number of halogens is 1. The molecule has 0 amide bonds. The summed E-state index contributed by atoms with van der Waals surface area (Å²) >= 11 is 6.03. The highest BCUT2D eigenvalue weighted by Gasteiger charge is 2.10. The van der Waals surface area contributed by atoms with E-state index in [0.717, 1.165) is 27.8 Å². The van der Waals surface area contributed by atoms with E-state index in [0.29, 0.717) is 11.6 Å². The number of pyridine rings is 1. The minimum absolute atomic E-state index is 0.410. The number of fused-ring (bicyclic) bond motifs is 3. The standard InChI is InChI=1S/C12H11ClN4/c1-17-11(5-14)16-10-6-15-9-3-2-7(13)4-8(9)12(10)17/h2-4,6H,5,14H2,1H3. The van der Waals surface area contributed by atoms with Crippen molar-refractivity contribution in [3.05, 3.63) is 35.2 Å². The third-order valence-electron chi connectivity index (χ3n) is 2.94. The summed E-state index contributed by atoms with van der Waals surface area (Å²) in [6.07, 6.45) is 1.77. The number of benzene rings is 1. The minimum Gasteiger partial charge on any atom is -0.329 e. The molecule has 0 aliphatic heterocycles. The third kappa shape index (κ3) is 1.49. The van der Waals surface area contributed by atoms with Gasteiger partial charge in [0.05, 0.1) is 23.8 Å². The Morgan fingerprint density at radius 2 is 2.18 bits per heavy atom. The monoisotopic (exact) mass is 246 g/mol. The number of hydrogen-bond donors (Lipinski definition) is 1. The van der Waals surface area contributed by atoms with Crippen LogP contribution in [0.15, 0.2) is 24.4 Å². The predicted molar refractivity (Wildman–Crippen MR) is 68.9 cm³/mol. The first-order valence-corrected chi connectivity index (χ1v) is 5.68. The molecule has 2 heterocycles. The summed E-state index contributed by atoms with van der Waals surface area (Å²) in [5, 5.41) is 1.70. The number of aryl methyl sites for hydroxylation is 1. The highest BCUT2D eigenvalue weighted by molar-refractivity contribution is 6.31. The lowest BCUT2D eigenvalue weighted by molar-refractivity contribution is 0.814. The normalized spacial score (nSPS) is 11.5. The average Bonchev–Trinajstić information content (AvgIpc) is 2.66. The summed E-state index contributed by atoms with van der Waals surface area (Å²) in [7, 11) is 1.96. The number of aromatic nitrogens is 3. The van der Waals surface area contributed by atoms with Gasteiger partial charge in [-0.1, -0.05) is 11.6 Å². The van der Waals surface area contributed by atoms with E-state index in [2.05, 4.69) is 9.97 Å². The quantitative estimate of drug-likeness (QED) is 0.716. The first-order valence-electron chi connectivity index (χ1n) is 5.30. The summed E-state index contributed by atoms with van der Waals surface area (Å²) in [6.45, 7) is 0.410.